The molecule has 1 amide bonds. The molecule has 0 aromatic carbocycles. The van der Waals surface area contributed by atoms with Crippen LogP contribution in [-0.4, -0.2) is 118 Å². The first-order valence-electron chi connectivity index (χ1n) is 18.9. The molecule has 0 radical (unpaired) electrons. The van der Waals surface area contributed by atoms with Gasteiger partial charge in [-0.2, -0.15) is 0 Å². The number of ether oxygens (including phenoxy) is 3. The van der Waals surface area contributed by atoms with Gasteiger partial charge in [-0.3, -0.25) is 4.79 Å². The molecule has 0 spiro atoms. The molecule has 10 nitrogen and oxygen atoms in total. The number of aliphatic hydroxyl groups excluding tert-OH is 2. The first kappa shape index (κ1) is 39.5. The summed E-state index contributed by atoms with van der Waals surface area (Å²) in [5.74, 6) is -0.428. The number of carbonyl (C=O) groups is 2. The lowest BCUT2D eigenvalue weighted by molar-refractivity contribution is -0.923. The molecule has 0 aliphatic carbocycles. The number of epoxide rings is 1. The molecule has 3 saturated heterocycles. The molecular weight excluding hydrogens is 624 g/mol. The normalized spacial score (nSPS) is 35.9. The van der Waals surface area contributed by atoms with Crippen molar-refractivity contribution in [2.75, 3.05) is 33.2 Å². The van der Waals surface area contributed by atoms with E-state index in [2.05, 4.69) is 20.0 Å². The van der Waals surface area contributed by atoms with Crippen LogP contribution in [0.3, 0.4) is 0 Å². The largest absolute Gasteiger partial charge is 0.457 e. The van der Waals surface area contributed by atoms with E-state index in [4.69, 9.17) is 14.2 Å². The number of rotatable bonds is 10. The van der Waals surface area contributed by atoms with E-state index in [1.165, 1.54) is 25.9 Å². The van der Waals surface area contributed by atoms with Gasteiger partial charge in [-0.15, -0.1) is 0 Å². The molecule has 3 fully saturated rings. The van der Waals surface area contributed by atoms with Gasteiger partial charge in [-0.1, -0.05) is 52.0 Å². The molecule has 0 aromatic rings. The van der Waals surface area contributed by atoms with Crippen LogP contribution in [0.4, 0.5) is 4.79 Å². The number of likely N-dealkylation sites (tertiary alicyclic amines) is 2. The zero-order valence-corrected chi connectivity index (χ0v) is 31.1. The Morgan fingerprint density at radius 1 is 1.18 bits per heavy atom. The van der Waals surface area contributed by atoms with E-state index in [9.17, 15) is 24.9 Å². The molecule has 278 valence electrons. The number of nitrogens with zero attached hydrogens (tertiary/aromatic N) is 2. The molecule has 4 aliphatic heterocycles. The van der Waals surface area contributed by atoms with E-state index in [0.717, 1.165) is 35.7 Å². The summed E-state index contributed by atoms with van der Waals surface area (Å²) in [4.78, 5) is 28.1. The van der Waals surface area contributed by atoms with Crippen LogP contribution in [0.5, 0.6) is 0 Å². The Hall–Kier alpha value is -2.24. The van der Waals surface area contributed by atoms with Crippen LogP contribution < -0.4 is 0 Å². The zero-order chi connectivity index (χ0) is 35.9. The number of carbonyl (C=O) groups excluding carboxylic acids is 2. The molecule has 4 rings (SSSR count). The first-order chi connectivity index (χ1) is 23.1. The smallest absolute Gasteiger partial charge is 0.410 e. The third-order valence-electron chi connectivity index (χ3n) is 11.8. The second-order valence-electron chi connectivity index (χ2n) is 16.0. The average molecular weight is 690 g/mol. The first-order valence-corrected chi connectivity index (χ1v) is 18.9. The van der Waals surface area contributed by atoms with Gasteiger partial charge < -0.3 is 38.9 Å². The lowest BCUT2D eigenvalue weighted by atomic mass is 9.88. The molecule has 0 saturated carbocycles. The monoisotopic (exact) mass is 689 g/mol. The number of aliphatic hydroxyl groups is 3. The highest BCUT2D eigenvalue weighted by Crippen LogP contribution is 2.36. The molecule has 10 heteroatoms. The SMILES string of the molecule is CC[C@H](O)[C@@H](C)[C@H]1O[C@@H]1C[C@H](C)/C=C/C=C(\C)[C@H]1OC(=O)C[C@H](O)CC[C@@](C)(O)[C@@H](OC(=O)N2CCC([N+]3(C)CCCC3)CC2)/C=C/[C@@H]1C. The fourth-order valence-corrected chi connectivity index (χ4v) is 8.06. The molecule has 49 heavy (non-hydrogen) atoms. The Morgan fingerprint density at radius 2 is 1.86 bits per heavy atom. The Kier molecular flexibility index (Phi) is 14.0. The minimum absolute atomic E-state index is 0.0993. The van der Waals surface area contributed by atoms with E-state index in [-0.39, 0.29) is 55.3 Å². The van der Waals surface area contributed by atoms with Gasteiger partial charge >= 0.3 is 12.1 Å². The lowest BCUT2D eigenvalue weighted by Crippen LogP contribution is -2.55. The highest BCUT2D eigenvalue weighted by molar-refractivity contribution is 5.70. The molecule has 0 bridgehead atoms. The highest BCUT2D eigenvalue weighted by atomic mass is 16.6. The van der Waals surface area contributed by atoms with E-state index in [1.54, 1.807) is 17.9 Å². The number of hydrogen-bond acceptors (Lipinski definition) is 8. The Labute approximate surface area is 294 Å². The number of piperidine rings is 1. The zero-order valence-electron chi connectivity index (χ0n) is 31.1. The Balaban J connectivity index is 1.41. The summed E-state index contributed by atoms with van der Waals surface area (Å²) in [7, 11) is 2.34. The lowest BCUT2D eigenvalue weighted by Gasteiger charge is -2.43. The number of cyclic esters (lactones) is 1. The van der Waals surface area contributed by atoms with Crippen molar-refractivity contribution < 1.29 is 43.6 Å². The van der Waals surface area contributed by atoms with Gasteiger partial charge in [0.15, 0.2) is 6.10 Å². The molecular formula is C39H65N2O8+. The maximum absolute atomic E-state index is 13.4. The van der Waals surface area contributed by atoms with E-state index in [0.29, 0.717) is 19.1 Å². The van der Waals surface area contributed by atoms with Gasteiger partial charge in [-0.05, 0) is 57.1 Å². The van der Waals surface area contributed by atoms with Crippen molar-refractivity contribution in [2.24, 2.45) is 17.8 Å². The van der Waals surface area contributed by atoms with Gasteiger partial charge in [0.2, 0.25) is 0 Å². The summed E-state index contributed by atoms with van der Waals surface area (Å²) in [6, 6.07) is 0.557. The van der Waals surface area contributed by atoms with Gasteiger partial charge in [-0.25, -0.2) is 4.79 Å². The van der Waals surface area contributed by atoms with Crippen molar-refractivity contribution in [3.05, 3.63) is 36.0 Å². The van der Waals surface area contributed by atoms with Crippen LogP contribution >= 0.6 is 0 Å². The van der Waals surface area contributed by atoms with Gasteiger partial charge in [0.25, 0.3) is 0 Å². The van der Waals surface area contributed by atoms with Crippen molar-refractivity contribution >= 4 is 12.1 Å². The third kappa shape index (κ3) is 10.9. The maximum Gasteiger partial charge on any atom is 0.410 e. The predicted octanol–water partition coefficient (Wildman–Crippen LogP) is 5.30. The second-order valence-corrected chi connectivity index (χ2v) is 16.0. The van der Waals surface area contributed by atoms with Crippen molar-refractivity contribution in [3.8, 4) is 0 Å². The average Bonchev–Trinajstić information content (AvgIpc) is 3.68. The molecule has 0 unspecified atom stereocenters. The quantitative estimate of drug-likeness (QED) is 0.0928. The summed E-state index contributed by atoms with van der Waals surface area (Å²) in [6.07, 6.45) is 12.6. The second kappa shape index (κ2) is 17.3. The van der Waals surface area contributed by atoms with Gasteiger partial charge in [0.1, 0.15) is 11.7 Å². The maximum atomic E-state index is 13.4. The minimum atomic E-state index is -1.45. The number of esters is 1. The van der Waals surface area contributed by atoms with Gasteiger partial charge in [0.05, 0.1) is 57.0 Å². The van der Waals surface area contributed by atoms with Crippen LogP contribution in [0.15, 0.2) is 36.0 Å². The number of hydrogen-bond donors (Lipinski definition) is 3. The van der Waals surface area contributed by atoms with E-state index in [1.807, 2.05) is 45.9 Å². The highest BCUT2D eigenvalue weighted by Gasteiger charge is 2.45. The van der Waals surface area contributed by atoms with Crippen LogP contribution in [0.25, 0.3) is 0 Å². The third-order valence-corrected chi connectivity index (χ3v) is 11.8. The molecule has 4 heterocycles. The molecule has 3 N–H and O–H groups in total. The van der Waals surface area contributed by atoms with Crippen molar-refractivity contribution in [3.63, 3.8) is 0 Å². The van der Waals surface area contributed by atoms with E-state index < -0.39 is 36.0 Å². The molecule has 10 atom stereocenters. The standard InChI is InChI=1S/C39H65N2O8/c1-8-32(43)29(5)37-33(47-37)24-26(2)12-11-13-27(3)36-28(4)14-15-34(39(6,46)19-16-31(42)25-35(44)49-36)48-38(45)40-20-17-30(18-21-40)41(7)22-9-10-23-41/h11-15,26,28-34,36-37,42-43,46H,8-10,16-25H2,1-7H3/q+1/b12-11+,15-14+,27-13+/t26-,28+,29-,31-,32+,33-,34+,36-,37-,39-/m1/s1. The number of amides is 1. The Bertz CT molecular complexity index is 1190. The van der Waals surface area contributed by atoms with Crippen LogP contribution in [-0.2, 0) is 19.0 Å². The summed E-state index contributed by atoms with van der Waals surface area (Å²) in [5, 5.41) is 32.4. The number of quaternary nitrogens is 1. The number of allylic oxidation sites excluding steroid dienone is 3. The minimum Gasteiger partial charge on any atom is -0.457 e. The fraction of sp³-hybridized carbons (Fsp3) is 0.795. The molecule has 4 aliphatic rings. The van der Waals surface area contributed by atoms with Gasteiger partial charge in [0, 0.05) is 50.6 Å². The topological polar surface area (TPSA) is 129 Å². The van der Waals surface area contributed by atoms with Crippen molar-refractivity contribution in [1.29, 1.82) is 0 Å². The van der Waals surface area contributed by atoms with Crippen molar-refractivity contribution in [2.45, 2.75) is 148 Å². The summed E-state index contributed by atoms with van der Waals surface area (Å²) in [5.41, 5.74) is -0.614. The van der Waals surface area contributed by atoms with Crippen LogP contribution in [0.1, 0.15) is 99.3 Å². The predicted molar refractivity (Wildman–Crippen MR) is 189 cm³/mol. The van der Waals surface area contributed by atoms with E-state index >= 15 is 0 Å². The van der Waals surface area contributed by atoms with Crippen LogP contribution in [0, 0.1) is 17.8 Å². The van der Waals surface area contributed by atoms with Crippen molar-refractivity contribution in [1.82, 2.24) is 4.90 Å². The summed E-state index contributed by atoms with van der Waals surface area (Å²) >= 11 is 0. The fourth-order valence-electron chi connectivity index (χ4n) is 8.06. The Morgan fingerprint density at radius 3 is 2.51 bits per heavy atom. The summed E-state index contributed by atoms with van der Waals surface area (Å²) < 4.78 is 18.9. The van der Waals surface area contributed by atoms with Crippen LogP contribution in [0.2, 0.25) is 0 Å². The summed E-state index contributed by atoms with van der Waals surface area (Å²) in [6.45, 7) is 15.3. The molecule has 0 aromatic heterocycles.